The van der Waals surface area contributed by atoms with E-state index in [1.54, 1.807) is 41.5 Å². The van der Waals surface area contributed by atoms with Gasteiger partial charge in [-0.2, -0.15) is 0 Å². The monoisotopic (exact) mass is 599 g/mol. The van der Waals surface area contributed by atoms with Crippen molar-refractivity contribution in [2.24, 2.45) is 5.41 Å². The maximum Gasteiger partial charge on any atom is 2.00 e. The molecule has 25 heavy (non-hydrogen) atoms. The van der Waals surface area contributed by atoms with Crippen molar-refractivity contribution < 1.29 is 77.6 Å². The Hall–Kier alpha value is -0.0578. The summed E-state index contributed by atoms with van der Waals surface area (Å²) in [6.45, 7) is 14.1. The first kappa shape index (κ1) is 32.6. The molecule has 0 aliphatic carbocycles. The summed E-state index contributed by atoms with van der Waals surface area (Å²) in [6.07, 6.45) is -0.577. The van der Waals surface area contributed by atoms with Gasteiger partial charge >= 0.3 is 33.0 Å². The van der Waals surface area contributed by atoms with Crippen LogP contribution < -0.4 is 0 Å². The molecule has 0 rings (SSSR count). The molecule has 1 radical (unpaired) electrons. The molecule has 0 aliphatic rings. The third-order valence-electron chi connectivity index (χ3n) is 2.50. The number of hydrogen-bond acceptors (Lipinski definition) is 5. The molecule has 0 aromatic rings. The van der Waals surface area contributed by atoms with Crippen LogP contribution in [0.4, 0.5) is 0 Å². The van der Waals surface area contributed by atoms with Crippen molar-refractivity contribution in [2.75, 3.05) is 0 Å². The van der Waals surface area contributed by atoms with E-state index in [0.717, 1.165) is 0 Å². The predicted octanol–water partition coefficient (Wildman–Crippen LogP) is 2.93. The van der Waals surface area contributed by atoms with Gasteiger partial charge in [-0.3, -0.25) is 14.4 Å². The van der Waals surface area contributed by atoms with Gasteiger partial charge < -0.3 is 34.9 Å². The Morgan fingerprint density at radius 1 is 0.920 bits per heavy atom. The van der Waals surface area contributed by atoms with Crippen LogP contribution in [-0.4, -0.2) is 34.6 Å². The van der Waals surface area contributed by atoms with Gasteiger partial charge in [0.05, 0.1) is 0 Å². The Morgan fingerprint density at radius 3 is 1.36 bits per heavy atom. The van der Waals surface area contributed by atoms with E-state index in [1.807, 2.05) is 0 Å². The molecule has 0 N–H and O–H groups in total. The van der Waals surface area contributed by atoms with Crippen LogP contribution in [0, 0.1) is 19.8 Å². The van der Waals surface area contributed by atoms with Crippen LogP contribution in [-0.2, 0) is 77.6 Å². The molecule has 0 aliphatic heterocycles. The zero-order valence-corrected chi connectivity index (χ0v) is 22.2. The van der Waals surface area contributed by atoms with E-state index in [2.05, 4.69) is 6.92 Å². The van der Waals surface area contributed by atoms with Crippen LogP contribution in [0.15, 0.2) is 0 Å². The number of Topliss-reactive ketones (excluding diaryl/α,β-unsaturated/α-hetero) is 1. The Kier molecular flexibility index (Phi) is 15.1. The van der Waals surface area contributed by atoms with E-state index < -0.39 is 46.5 Å². The Balaban J connectivity index is -0.000000735. The van der Waals surface area contributed by atoms with Gasteiger partial charge in [0.15, 0.2) is 0 Å². The van der Waals surface area contributed by atoms with Gasteiger partial charge in [0.1, 0.15) is 22.4 Å². The van der Waals surface area contributed by atoms with E-state index in [1.165, 1.54) is 6.92 Å². The summed E-state index contributed by atoms with van der Waals surface area (Å²) in [5.74, 6) is -2.60. The number of rotatable bonds is 5. The van der Waals surface area contributed by atoms with E-state index in [4.69, 9.17) is 9.47 Å². The molecule has 0 atom stereocenters. The zero-order chi connectivity index (χ0) is 17.9. The van der Waals surface area contributed by atoms with Crippen molar-refractivity contribution in [3.63, 3.8) is 0 Å². The average Bonchev–Trinajstić information content (AvgIpc) is 2.19. The molecule has 0 bridgehead atoms. The van der Waals surface area contributed by atoms with E-state index in [9.17, 15) is 19.8 Å². The quantitative estimate of drug-likeness (QED) is 0.210. The molecule has 0 saturated carbocycles. The normalized spacial score (nSPS) is 11.0. The van der Waals surface area contributed by atoms with Crippen molar-refractivity contribution >= 4 is 23.4 Å². The van der Waals surface area contributed by atoms with Crippen LogP contribution in [0.1, 0.15) is 54.9 Å². The third-order valence-corrected chi connectivity index (χ3v) is 2.50. The van der Waals surface area contributed by atoms with E-state index in [-0.39, 0.29) is 61.2 Å². The minimum Gasteiger partial charge on any atom is -0.837 e. The van der Waals surface area contributed by atoms with Crippen LogP contribution in [0.25, 0.3) is 5.41 Å². The number of ether oxygens (including phenoxy) is 2. The Bertz CT molecular complexity index is 464. The largest absolute Gasteiger partial charge is 2.00 e. The van der Waals surface area contributed by atoms with Crippen LogP contribution in [0.2, 0.25) is 0 Å². The number of carbonyl (C=O) groups excluding carboxylic acids is 3. The smallest absolute Gasteiger partial charge is 0.837 e. The van der Waals surface area contributed by atoms with Crippen molar-refractivity contribution in [3.05, 3.63) is 19.8 Å². The van der Waals surface area contributed by atoms with Crippen molar-refractivity contribution in [3.8, 4) is 0 Å². The Morgan fingerprint density at radius 2 is 1.20 bits per heavy atom. The number of hydrogen-bond donors (Lipinski definition) is 0. The maximum absolute atomic E-state index is 12.5. The molecule has 0 unspecified atom stereocenters. The molecule has 0 aromatic carbocycles. The molecule has 0 saturated heterocycles. The predicted molar refractivity (Wildman–Crippen MR) is 89.6 cm³/mol. The summed E-state index contributed by atoms with van der Waals surface area (Å²) >= 11 is 0. The minimum atomic E-state index is -2.26. The topological polar surface area (TPSA) is 92.0 Å². The van der Waals surface area contributed by atoms with Gasteiger partial charge in [-0.25, -0.2) is 0 Å². The summed E-state index contributed by atoms with van der Waals surface area (Å²) in [4.78, 5) is 36.5. The number of carbonyl (C=O) groups is 3. The number of ketones is 1. The van der Waals surface area contributed by atoms with Gasteiger partial charge in [0.25, 0.3) is 0 Å². The van der Waals surface area contributed by atoms with Gasteiger partial charge in [0, 0.05) is 39.1 Å². The second-order valence-electron chi connectivity index (χ2n) is 7.23. The first-order valence-corrected chi connectivity index (χ1v) is 6.96. The third kappa shape index (κ3) is 10.6. The molecule has 0 heterocycles. The van der Waals surface area contributed by atoms with Crippen molar-refractivity contribution in [1.29, 1.82) is 0 Å². The number of esters is 2. The zero-order valence-electron chi connectivity index (χ0n) is 16.4. The van der Waals surface area contributed by atoms with E-state index in [0.29, 0.717) is 0 Å². The summed E-state index contributed by atoms with van der Waals surface area (Å²) in [5.41, 5.74) is -4.84. The van der Waals surface area contributed by atoms with Gasteiger partial charge in [-0.15, -0.1) is 0 Å². The molecule has 0 fully saturated rings. The molecule has 141 valence electrons. The molecule has 8 heteroatoms. The first-order valence-electron chi connectivity index (χ1n) is 6.96. The second-order valence-corrected chi connectivity index (χ2v) is 7.23. The molecule has 0 spiro atoms. The van der Waals surface area contributed by atoms with Crippen molar-refractivity contribution in [1.82, 2.24) is 0 Å². The summed E-state index contributed by atoms with van der Waals surface area (Å²) in [7, 11) is 0. The van der Waals surface area contributed by atoms with Gasteiger partial charge in [0.2, 0.25) is 0 Å². The Labute approximate surface area is 191 Å². The fourth-order valence-electron chi connectivity index (χ4n) is 1.67. The minimum absolute atomic E-state index is 0. The maximum atomic E-state index is 12.5. The molecular weight excluding hydrogens is 571 g/mol. The summed E-state index contributed by atoms with van der Waals surface area (Å²) in [6, 6.07) is 0. The summed E-state index contributed by atoms with van der Waals surface area (Å²) < 4.78 is 10.4. The fourth-order valence-corrected chi connectivity index (χ4v) is 1.67. The average molecular weight is 599 g/mol. The van der Waals surface area contributed by atoms with Gasteiger partial charge in [-0.05, 0) is 48.5 Å². The van der Waals surface area contributed by atoms with Gasteiger partial charge in [-0.1, -0.05) is 0 Å². The standard InChI is InChI=1S/C16H25NO5.CH3.W.Y/c1-10(18)9-16(11(2)17,12(19)21-14(3,4)5)13(20)22-15(6,7)8;;;/h2,9H2,1,3-8H3;1H3;;/q-2;-1;+2;. The summed E-state index contributed by atoms with van der Waals surface area (Å²) in [5, 5.41) is 9.90. The van der Waals surface area contributed by atoms with Crippen LogP contribution in [0.3, 0.4) is 0 Å². The molecule has 0 amide bonds. The number of nitrogens with zero attached hydrogens (tertiary/aromatic N) is 1. The molecule has 6 nitrogen and oxygen atoms in total. The van der Waals surface area contributed by atoms with Crippen LogP contribution >= 0.6 is 0 Å². The first-order chi connectivity index (χ1) is 9.62. The fraction of sp³-hybridized carbons (Fsp3) is 0.647. The second kappa shape index (κ2) is 11.6. The molecular formula is C17H28NO5WY-. The SMILES string of the molecule is [CH2-]C(=[N-])C(CC(C)=O)(C(=O)OC(C)(C)C)C(=O)OC(C)(C)C.[CH3-].[W+2].[Y]. The van der Waals surface area contributed by atoms with Crippen LogP contribution in [0.5, 0.6) is 0 Å². The van der Waals surface area contributed by atoms with Crippen molar-refractivity contribution in [2.45, 2.75) is 66.1 Å². The molecule has 0 aromatic heterocycles. The van der Waals surface area contributed by atoms with E-state index >= 15 is 0 Å².